The molecule has 8 nitrogen and oxygen atoms in total. The van der Waals surface area contributed by atoms with Gasteiger partial charge in [-0.2, -0.15) is 0 Å². The molecule has 8 heteroatoms. The summed E-state index contributed by atoms with van der Waals surface area (Å²) >= 11 is 0. The highest BCUT2D eigenvalue weighted by molar-refractivity contribution is 5.84. The first-order valence-electron chi connectivity index (χ1n) is 10.5. The van der Waals surface area contributed by atoms with Gasteiger partial charge in [0.25, 0.3) is 0 Å². The van der Waals surface area contributed by atoms with Crippen molar-refractivity contribution in [2.45, 2.75) is 12.6 Å². The van der Waals surface area contributed by atoms with E-state index in [2.05, 4.69) is 37.3 Å². The zero-order chi connectivity index (χ0) is 21.8. The van der Waals surface area contributed by atoms with E-state index in [9.17, 15) is 0 Å². The van der Waals surface area contributed by atoms with Crippen LogP contribution in [-0.4, -0.2) is 51.6 Å². The summed E-state index contributed by atoms with van der Waals surface area (Å²) < 4.78 is 11.5. The fraction of sp³-hybridized carbons (Fsp3) is 0.250. The fourth-order valence-corrected chi connectivity index (χ4v) is 3.83. The van der Waals surface area contributed by atoms with Crippen molar-refractivity contribution in [3.8, 4) is 5.75 Å². The van der Waals surface area contributed by atoms with Crippen molar-refractivity contribution < 1.29 is 9.47 Å². The van der Waals surface area contributed by atoms with E-state index in [1.54, 1.807) is 31.8 Å². The summed E-state index contributed by atoms with van der Waals surface area (Å²) in [5, 5.41) is 4.22. The number of methoxy groups -OCH3 is 1. The number of rotatable bonds is 6. The molecule has 4 aromatic rings. The standard InChI is InChI=1S/C24H24N6O2/c1-31-21-5-2-4-17-6-7-19(28-23(17)21)15-30-12-13-32-22(16-30)20-9-8-18(14-27-20)29-24-25-10-3-11-26-24/h2-11,14,22H,12-13,15-16H2,1H3,(H,25,26,29)/t22-/m0/s1. The van der Waals surface area contributed by atoms with Crippen molar-refractivity contribution in [1.29, 1.82) is 0 Å². The summed E-state index contributed by atoms with van der Waals surface area (Å²) in [6.45, 7) is 3.01. The summed E-state index contributed by atoms with van der Waals surface area (Å²) in [6, 6.07) is 15.9. The first-order valence-corrected chi connectivity index (χ1v) is 10.5. The third-order valence-electron chi connectivity index (χ3n) is 5.44. The van der Waals surface area contributed by atoms with Crippen molar-refractivity contribution >= 4 is 22.5 Å². The predicted octanol–water partition coefficient (Wildman–Crippen LogP) is 3.75. The monoisotopic (exact) mass is 428 g/mol. The molecule has 1 aliphatic rings. The number of pyridine rings is 2. The number of para-hydroxylation sites is 1. The Bertz CT molecular complexity index is 1190. The zero-order valence-corrected chi connectivity index (χ0v) is 17.8. The second-order valence-electron chi connectivity index (χ2n) is 7.60. The van der Waals surface area contributed by atoms with Crippen LogP contribution in [0, 0.1) is 0 Å². The maximum absolute atomic E-state index is 6.01. The average molecular weight is 428 g/mol. The molecule has 162 valence electrons. The Labute approximate surface area is 186 Å². The van der Waals surface area contributed by atoms with Crippen LogP contribution >= 0.6 is 0 Å². The molecule has 0 radical (unpaired) electrons. The molecule has 1 aromatic carbocycles. The van der Waals surface area contributed by atoms with Crippen LogP contribution in [0.25, 0.3) is 10.9 Å². The molecular weight excluding hydrogens is 404 g/mol. The molecule has 5 rings (SSSR count). The highest BCUT2D eigenvalue weighted by atomic mass is 16.5. The number of ether oxygens (including phenoxy) is 2. The van der Waals surface area contributed by atoms with E-state index in [0.717, 1.165) is 53.4 Å². The number of hydrogen-bond donors (Lipinski definition) is 1. The van der Waals surface area contributed by atoms with Gasteiger partial charge in [-0.25, -0.2) is 15.0 Å². The van der Waals surface area contributed by atoms with Crippen LogP contribution in [0.4, 0.5) is 11.6 Å². The van der Waals surface area contributed by atoms with Gasteiger partial charge in [-0.1, -0.05) is 18.2 Å². The lowest BCUT2D eigenvalue weighted by molar-refractivity contribution is -0.0353. The van der Waals surface area contributed by atoms with Crippen LogP contribution < -0.4 is 10.1 Å². The van der Waals surface area contributed by atoms with Crippen LogP contribution in [0.3, 0.4) is 0 Å². The number of fused-ring (bicyclic) bond motifs is 1. The van der Waals surface area contributed by atoms with Gasteiger partial charge in [0.2, 0.25) is 5.95 Å². The van der Waals surface area contributed by atoms with E-state index in [-0.39, 0.29) is 6.10 Å². The third kappa shape index (κ3) is 4.51. The molecule has 4 heterocycles. The molecule has 3 aromatic heterocycles. The topological polar surface area (TPSA) is 85.3 Å². The van der Waals surface area contributed by atoms with Gasteiger partial charge in [-0.05, 0) is 30.3 Å². The summed E-state index contributed by atoms with van der Waals surface area (Å²) in [6.07, 6.45) is 5.09. The number of benzene rings is 1. The smallest absolute Gasteiger partial charge is 0.227 e. The molecule has 1 N–H and O–H groups in total. The second-order valence-corrected chi connectivity index (χ2v) is 7.60. The molecule has 0 unspecified atom stereocenters. The maximum atomic E-state index is 6.01. The second kappa shape index (κ2) is 9.25. The first kappa shape index (κ1) is 20.3. The minimum absolute atomic E-state index is 0.0826. The lowest BCUT2D eigenvalue weighted by atomic mass is 10.1. The minimum atomic E-state index is -0.0826. The molecule has 0 spiro atoms. The molecule has 1 fully saturated rings. The van der Waals surface area contributed by atoms with Crippen LogP contribution in [0.2, 0.25) is 0 Å². The van der Waals surface area contributed by atoms with E-state index in [4.69, 9.17) is 14.5 Å². The lowest BCUT2D eigenvalue weighted by Crippen LogP contribution is -2.38. The number of anilines is 2. The Hall–Kier alpha value is -3.62. The van der Waals surface area contributed by atoms with Gasteiger partial charge >= 0.3 is 0 Å². The summed E-state index contributed by atoms with van der Waals surface area (Å²) in [7, 11) is 1.68. The summed E-state index contributed by atoms with van der Waals surface area (Å²) in [5.74, 6) is 1.34. The number of morpholine rings is 1. The van der Waals surface area contributed by atoms with E-state index >= 15 is 0 Å². The van der Waals surface area contributed by atoms with Gasteiger partial charge in [0.1, 0.15) is 17.4 Å². The van der Waals surface area contributed by atoms with Crippen LogP contribution in [0.1, 0.15) is 17.5 Å². The number of aromatic nitrogens is 4. The SMILES string of the molecule is COc1cccc2ccc(CN3CCO[C@H](c4ccc(Nc5ncccn5)cn4)C3)nc12. The molecule has 0 bridgehead atoms. The fourth-order valence-electron chi connectivity index (χ4n) is 3.83. The zero-order valence-electron chi connectivity index (χ0n) is 17.8. The molecule has 0 aliphatic carbocycles. The van der Waals surface area contributed by atoms with Gasteiger partial charge in [-0.15, -0.1) is 0 Å². The molecule has 1 atom stereocenters. The predicted molar refractivity (Wildman–Crippen MR) is 122 cm³/mol. The first-order chi connectivity index (χ1) is 15.8. The van der Waals surface area contributed by atoms with Crippen LogP contribution in [0.5, 0.6) is 5.75 Å². The maximum Gasteiger partial charge on any atom is 0.227 e. The largest absolute Gasteiger partial charge is 0.494 e. The van der Waals surface area contributed by atoms with Gasteiger partial charge in [0.05, 0.1) is 37.0 Å². The normalized spacial score (nSPS) is 16.7. The Morgan fingerprint density at radius 2 is 1.97 bits per heavy atom. The van der Waals surface area contributed by atoms with Crippen molar-refractivity contribution in [1.82, 2.24) is 24.8 Å². The Morgan fingerprint density at radius 3 is 2.78 bits per heavy atom. The minimum Gasteiger partial charge on any atom is -0.494 e. The van der Waals surface area contributed by atoms with Gasteiger partial charge in [-0.3, -0.25) is 9.88 Å². The number of nitrogens with one attached hydrogen (secondary N) is 1. The van der Waals surface area contributed by atoms with E-state index in [1.165, 1.54) is 0 Å². The van der Waals surface area contributed by atoms with E-state index < -0.39 is 0 Å². The molecule has 32 heavy (non-hydrogen) atoms. The summed E-state index contributed by atoms with van der Waals surface area (Å²) in [4.78, 5) is 20.1. The highest BCUT2D eigenvalue weighted by Crippen LogP contribution is 2.26. The summed E-state index contributed by atoms with van der Waals surface area (Å²) in [5.41, 5.74) is 3.65. The molecule has 1 aliphatic heterocycles. The van der Waals surface area contributed by atoms with Crippen molar-refractivity contribution in [3.63, 3.8) is 0 Å². The van der Waals surface area contributed by atoms with E-state index in [1.807, 2.05) is 30.3 Å². The third-order valence-corrected chi connectivity index (χ3v) is 5.44. The molecule has 1 saturated heterocycles. The molecule has 0 saturated carbocycles. The quantitative estimate of drug-likeness (QED) is 0.497. The van der Waals surface area contributed by atoms with Crippen molar-refractivity contribution in [3.05, 3.63) is 78.5 Å². The Kier molecular flexibility index (Phi) is 5.87. The van der Waals surface area contributed by atoms with Crippen molar-refractivity contribution in [2.24, 2.45) is 0 Å². The van der Waals surface area contributed by atoms with Gasteiger partial charge in [0.15, 0.2) is 0 Å². The van der Waals surface area contributed by atoms with Gasteiger partial charge < -0.3 is 14.8 Å². The van der Waals surface area contributed by atoms with Crippen molar-refractivity contribution in [2.75, 3.05) is 32.1 Å². The highest BCUT2D eigenvalue weighted by Gasteiger charge is 2.23. The molecular formula is C24H24N6O2. The average Bonchev–Trinajstić information content (AvgIpc) is 2.85. The van der Waals surface area contributed by atoms with E-state index in [0.29, 0.717) is 12.6 Å². The van der Waals surface area contributed by atoms with Gasteiger partial charge in [0, 0.05) is 37.4 Å². The van der Waals surface area contributed by atoms with Crippen LogP contribution in [-0.2, 0) is 11.3 Å². The molecule has 0 amide bonds. The number of nitrogens with zero attached hydrogens (tertiary/aromatic N) is 5. The Morgan fingerprint density at radius 1 is 1.06 bits per heavy atom. The lowest BCUT2D eigenvalue weighted by Gasteiger charge is -2.32. The van der Waals surface area contributed by atoms with Crippen LogP contribution in [0.15, 0.2) is 67.1 Å². The number of hydrogen-bond acceptors (Lipinski definition) is 8. The Balaban J connectivity index is 1.26.